The van der Waals surface area contributed by atoms with Gasteiger partial charge in [-0.2, -0.15) is 0 Å². The number of para-hydroxylation sites is 1. The highest BCUT2D eigenvalue weighted by atomic mass is 32.2. The van der Waals surface area contributed by atoms with Crippen molar-refractivity contribution in [3.05, 3.63) is 54.6 Å². The minimum atomic E-state index is -3.58. The highest BCUT2D eigenvalue weighted by Gasteiger charge is 2.19. The molecule has 0 radical (unpaired) electrons. The third-order valence-electron chi connectivity index (χ3n) is 2.88. The Kier molecular flexibility index (Phi) is 4.82. The molecule has 0 amide bonds. The number of ether oxygens (including phenoxy) is 1. The summed E-state index contributed by atoms with van der Waals surface area (Å²) in [6.07, 6.45) is 0. The summed E-state index contributed by atoms with van der Waals surface area (Å²) >= 11 is 0. The summed E-state index contributed by atoms with van der Waals surface area (Å²) in [6.45, 7) is 1.01. The largest absolute Gasteiger partial charge is 0.457 e. The van der Waals surface area contributed by atoms with Crippen molar-refractivity contribution in [2.45, 2.75) is 12.2 Å². The number of sulfonamides is 1. The van der Waals surface area contributed by atoms with E-state index in [0.29, 0.717) is 17.2 Å². The number of anilines is 1. The molecule has 2 rings (SSSR count). The number of aliphatic hydroxyl groups is 1. The van der Waals surface area contributed by atoms with Crippen molar-refractivity contribution >= 4 is 15.7 Å². The zero-order chi connectivity index (χ0) is 15.3. The Bertz CT molecular complexity index is 669. The lowest BCUT2D eigenvalue weighted by molar-refractivity contribution is 0.296. The molecular formula is C15H17NO4S. The van der Waals surface area contributed by atoms with E-state index in [9.17, 15) is 8.42 Å². The van der Waals surface area contributed by atoms with Crippen LogP contribution in [-0.4, -0.2) is 25.4 Å². The molecule has 0 aromatic heterocycles. The minimum Gasteiger partial charge on any atom is -0.457 e. The van der Waals surface area contributed by atoms with E-state index in [-0.39, 0.29) is 0 Å². The molecule has 0 aliphatic carbocycles. The molecule has 0 saturated carbocycles. The van der Waals surface area contributed by atoms with E-state index >= 15 is 0 Å². The van der Waals surface area contributed by atoms with E-state index in [1.54, 1.807) is 24.3 Å². The summed E-state index contributed by atoms with van der Waals surface area (Å²) in [4.78, 5) is 0. The van der Waals surface area contributed by atoms with Gasteiger partial charge in [-0.3, -0.25) is 4.72 Å². The second-order valence-corrected chi connectivity index (χ2v) is 6.68. The van der Waals surface area contributed by atoms with Gasteiger partial charge in [-0.15, -0.1) is 0 Å². The normalized spacial score (nSPS) is 12.7. The van der Waals surface area contributed by atoms with Crippen LogP contribution in [0.2, 0.25) is 0 Å². The van der Waals surface area contributed by atoms with Crippen LogP contribution in [0, 0.1) is 0 Å². The van der Waals surface area contributed by atoms with Crippen LogP contribution < -0.4 is 9.46 Å². The molecule has 6 heteroatoms. The number of benzene rings is 2. The Morgan fingerprint density at radius 2 is 1.62 bits per heavy atom. The van der Waals surface area contributed by atoms with Crippen LogP contribution in [0.3, 0.4) is 0 Å². The first kappa shape index (κ1) is 15.3. The van der Waals surface area contributed by atoms with E-state index in [2.05, 4.69) is 4.72 Å². The Labute approximate surface area is 124 Å². The Hall–Kier alpha value is -2.05. The standard InChI is InChI=1S/C15H17NO4S/c1-12(11-17)21(18,19)16-13-7-9-15(10-8-13)20-14-5-3-2-4-6-14/h2-10,12,16-17H,11H2,1H3. The summed E-state index contributed by atoms with van der Waals surface area (Å²) in [5, 5.41) is 8.05. The van der Waals surface area contributed by atoms with Crippen LogP contribution in [0.25, 0.3) is 0 Å². The molecule has 5 nitrogen and oxygen atoms in total. The molecule has 2 aromatic carbocycles. The predicted molar refractivity (Wildman–Crippen MR) is 82.0 cm³/mol. The van der Waals surface area contributed by atoms with E-state index in [0.717, 1.165) is 0 Å². The Morgan fingerprint density at radius 1 is 1.05 bits per heavy atom. The number of hydrogen-bond donors (Lipinski definition) is 2. The van der Waals surface area contributed by atoms with Crippen molar-refractivity contribution in [2.75, 3.05) is 11.3 Å². The molecule has 2 aromatic rings. The monoisotopic (exact) mass is 307 g/mol. The van der Waals surface area contributed by atoms with Crippen LogP contribution in [-0.2, 0) is 10.0 Å². The van der Waals surface area contributed by atoms with Gasteiger partial charge in [0.05, 0.1) is 6.61 Å². The molecular weight excluding hydrogens is 290 g/mol. The average Bonchev–Trinajstić information content (AvgIpc) is 2.49. The maximum absolute atomic E-state index is 11.8. The van der Waals surface area contributed by atoms with Gasteiger partial charge in [-0.25, -0.2) is 8.42 Å². The third kappa shape index (κ3) is 4.21. The van der Waals surface area contributed by atoms with E-state index < -0.39 is 21.9 Å². The molecule has 2 N–H and O–H groups in total. The van der Waals surface area contributed by atoms with Crippen LogP contribution in [0.4, 0.5) is 5.69 Å². The van der Waals surface area contributed by atoms with Crippen molar-refractivity contribution < 1.29 is 18.3 Å². The fourth-order valence-corrected chi connectivity index (χ4v) is 2.44. The van der Waals surface area contributed by atoms with Crippen molar-refractivity contribution in [3.63, 3.8) is 0 Å². The first-order valence-corrected chi connectivity index (χ1v) is 8.01. The number of hydrogen-bond acceptors (Lipinski definition) is 4. The first-order valence-electron chi connectivity index (χ1n) is 6.47. The van der Waals surface area contributed by atoms with Gasteiger partial charge >= 0.3 is 0 Å². The summed E-state index contributed by atoms with van der Waals surface area (Å²) in [7, 11) is -3.58. The second-order valence-electron chi connectivity index (χ2n) is 4.58. The smallest absolute Gasteiger partial charge is 0.237 e. The van der Waals surface area contributed by atoms with Crippen molar-refractivity contribution in [1.82, 2.24) is 0 Å². The first-order chi connectivity index (χ1) is 10.0. The topological polar surface area (TPSA) is 75.6 Å². The van der Waals surface area contributed by atoms with Gasteiger partial charge in [0.15, 0.2) is 0 Å². The predicted octanol–water partition coefficient (Wildman–Crippen LogP) is 2.60. The fraction of sp³-hybridized carbons (Fsp3) is 0.200. The number of aliphatic hydroxyl groups excluding tert-OH is 1. The maximum atomic E-state index is 11.8. The van der Waals surface area contributed by atoms with Crippen LogP contribution in [0.1, 0.15) is 6.92 Å². The van der Waals surface area contributed by atoms with Gasteiger partial charge in [0.2, 0.25) is 10.0 Å². The van der Waals surface area contributed by atoms with Crippen LogP contribution in [0.15, 0.2) is 54.6 Å². The van der Waals surface area contributed by atoms with E-state index in [4.69, 9.17) is 9.84 Å². The van der Waals surface area contributed by atoms with Crippen molar-refractivity contribution in [2.24, 2.45) is 0 Å². The van der Waals surface area contributed by atoms with Crippen molar-refractivity contribution in [3.8, 4) is 11.5 Å². The molecule has 0 saturated heterocycles. The molecule has 0 aliphatic rings. The van der Waals surface area contributed by atoms with E-state index in [1.807, 2.05) is 30.3 Å². The summed E-state index contributed by atoms with van der Waals surface area (Å²) in [5.74, 6) is 1.32. The molecule has 112 valence electrons. The average molecular weight is 307 g/mol. The third-order valence-corrected chi connectivity index (χ3v) is 4.61. The Balaban J connectivity index is 2.06. The summed E-state index contributed by atoms with van der Waals surface area (Å²) in [6, 6.07) is 15.9. The molecule has 1 atom stereocenters. The minimum absolute atomic E-state index is 0.426. The molecule has 0 aliphatic heterocycles. The summed E-state index contributed by atoms with van der Waals surface area (Å²) < 4.78 is 31.6. The molecule has 0 spiro atoms. The highest BCUT2D eigenvalue weighted by Crippen LogP contribution is 2.23. The lowest BCUT2D eigenvalue weighted by Crippen LogP contribution is -2.28. The zero-order valence-electron chi connectivity index (χ0n) is 11.6. The highest BCUT2D eigenvalue weighted by molar-refractivity contribution is 7.93. The van der Waals surface area contributed by atoms with Gasteiger partial charge < -0.3 is 9.84 Å². The fourth-order valence-electron chi connectivity index (χ4n) is 1.58. The number of rotatable bonds is 6. The van der Waals surface area contributed by atoms with Crippen LogP contribution in [0.5, 0.6) is 11.5 Å². The van der Waals surface area contributed by atoms with Gasteiger partial charge in [-0.1, -0.05) is 18.2 Å². The van der Waals surface area contributed by atoms with Gasteiger partial charge in [0.25, 0.3) is 0 Å². The Morgan fingerprint density at radius 3 is 2.19 bits per heavy atom. The second kappa shape index (κ2) is 6.60. The van der Waals surface area contributed by atoms with E-state index in [1.165, 1.54) is 6.92 Å². The van der Waals surface area contributed by atoms with Crippen molar-refractivity contribution in [1.29, 1.82) is 0 Å². The lowest BCUT2D eigenvalue weighted by atomic mass is 10.3. The van der Waals surface area contributed by atoms with Crippen LogP contribution >= 0.6 is 0 Å². The SMILES string of the molecule is CC(CO)S(=O)(=O)Nc1ccc(Oc2ccccc2)cc1. The quantitative estimate of drug-likeness (QED) is 0.860. The summed E-state index contributed by atoms with van der Waals surface area (Å²) in [5.41, 5.74) is 0.427. The zero-order valence-corrected chi connectivity index (χ0v) is 12.4. The number of nitrogens with one attached hydrogen (secondary N) is 1. The molecule has 0 heterocycles. The molecule has 0 fully saturated rings. The molecule has 0 bridgehead atoms. The molecule has 21 heavy (non-hydrogen) atoms. The maximum Gasteiger partial charge on any atom is 0.237 e. The van der Waals surface area contributed by atoms with Gasteiger partial charge in [0.1, 0.15) is 16.7 Å². The lowest BCUT2D eigenvalue weighted by Gasteiger charge is -2.13. The van der Waals surface area contributed by atoms with Gasteiger partial charge in [0, 0.05) is 5.69 Å². The molecule has 1 unspecified atom stereocenters. The van der Waals surface area contributed by atoms with Gasteiger partial charge in [-0.05, 0) is 43.3 Å².